The lowest BCUT2D eigenvalue weighted by Gasteiger charge is -2.20. The van der Waals surface area contributed by atoms with Gasteiger partial charge in [0.1, 0.15) is 0 Å². The number of aliphatic hydroxyl groups excluding tert-OH is 1. The minimum atomic E-state index is -0.879. The SMILES string of the molecule is CC(C)(O)CC(O)CNO. The zero-order valence-electron chi connectivity index (χ0n) is 6.33. The molecule has 1 atom stereocenters. The van der Waals surface area contributed by atoms with Gasteiger partial charge in [-0.1, -0.05) is 0 Å². The number of nitrogens with one attached hydrogen (secondary N) is 1. The van der Waals surface area contributed by atoms with Crippen LogP contribution in [0.5, 0.6) is 0 Å². The van der Waals surface area contributed by atoms with Crippen molar-refractivity contribution in [2.75, 3.05) is 6.54 Å². The molecule has 0 rings (SSSR count). The molecule has 0 aromatic heterocycles. The predicted octanol–water partition coefficient (Wildman–Crippen LogP) is -0.513. The van der Waals surface area contributed by atoms with E-state index in [1.165, 1.54) is 0 Å². The monoisotopic (exact) mass is 149 g/mol. The average molecular weight is 149 g/mol. The van der Waals surface area contributed by atoms with E-state index in [4.69, 9.17) is 15.4 Å². The van der Waals surface area contributed by atoms with Crippen molar-refractivity contribution in [3.8, 4) is 0 Å². The van der Waals surface area contributed by atoms with Crippen molar-refractivity contribution < 1.29 is 15.4 Å². The van der Waals surface area contributed by atoms with Gasteiger partial charge in [0.05, 0.1) is 11.7 Å². The van der Waals surface area contributed by atoms with Crippen LogP contribution >= 0.6 is 0 Å². The highest BCUT2D eigenvalue weighted by atomic mass is 16.5. The summed E-state index contributed by atoms with van der Waals surface area (Å²) in [5.74, 6) is 0. The third kappa shape index (κ3) is 5.97. The molecule has 0 aliphatic rings. The van der Waals surface area contributed by atoms with Gasteiger partial charge in [-0.05, 0) is 13.8 Å². The lowest BCUT2D eigenvalue weighted by molar-refractivity contribution is 0.00531. The number of aliphatic hydroxyl groups is 2. The van der Waals surface area contributed by atoms with E-state index in [1.54, 1.807) is 13.8 Å². The highest BCUT2D eigenvalue weighted by molar-refractivity contribution is 4.71. The van der Waals surface area contributed by atoms with Crippen LogP contribution in [0.25, 0.3) is 0 Å². The van der Waals surface area contributed by atoms with E-state index in [9.17, 15) is 0 Å². The Kier molecular flexibility index (Phi) is 3.81. The summed E-state index contributed by atoms with van der Waals surface area (Å²) in [6.45, 7) is 3.30. The van der Waals surface area contributed by atoms with E-state index in [1.807, 2.05) is 5.48 Å². The molecule has 0 radical (unpaired) electrons. The van der Waals surface area contributed by atoms with Gasteiger partial charge in [0.25, 0.3) is 0 Å². The van der Waals surface area contributed by atoms with Crippen LogP contribution in [0, 0.1) is 0 Å². The largest absolute Gasteiger partial charge is 0.392 e. The molecule has 0 aliphatic carbocycles. The fourth-order valence-corrected chi connectivity index (χ4v) is 0.754. The second-order valence-electron chi connectivity index (χ2n) is 3.03. The number of hydroxylamine groups is 1. The zero-order chi connectivity index (χ0) is 8.20. The molecule has 4 nitrogen and oxygen atoms in total. The van der Waals surface area contributed by atoms with E-state index in [2.05, 4.69) is 0 Å². The Morgan fingerprint density at radius 1 is 1.50 bits per heavy atom. The Labute approximate surface area is 60.5 Å². The van der Waals surface area contributed by atoms with Gasteiger partial charge in [-0.15, -0.1) is 0 Å². The highest BCUT2D eigenvalue weighted by Gasteiger charge is 2.17. The fraction of sp³-hybridized carbons (Fsp3) is 1.00. The second kappa shape index (κ2) is 3.88. The van der Waals surface area contributed by atoms with Crippen LogP contribution in [0.3, 0.4) is 0 Å². The van der Waals surface area contributed by atoms with Crippen molar-refractivity contribution in [3.05, 3.63) is 0 Å². The summed E-state index contributed by atoms with van der Waals surface area (Å²) < 4.78 is 0. The van der Waals surface area contributed by atoms with Gasteiger partial charge >= 0.3 is 0 Å². The summed E-state index contributed by atoms with van der Waals surface area (Å²) in [6, 6.07) is 0. The van der Waals surface area contributed by atoms with E-state index < -0.39 is 11.7 Å². The number of hydrogen-bond donors (Lipinski definition) is 4. The van der Waals surface area contributed by atoms with Gasteiger partial charge in [-0.2, -0.15) is 0 Å². The third-order valence-corrected chi connectivity index (χ3v) is 1.06. The maximum Gasteiger partial charge on any atom is 0.0714 e. The number of hydrogen-bond acceptors (Lipinski definition) is 4. The summed E-state index contributed by atoms with van der Waals surface area (Å²) in [6.07, 6.45) is -0.453. The molecule has 0 amide bonds. The minimum Gasteiger partial charge on any atom is -0.392 e. The first kappa shape index (κ1) is 9.84. The zero-order valence-corrected chi connectivity index (χ0v) is 6.33. The van der Waals surface area contributed by atoms with Crippen molar-refractivity contribution >= 4 is 0 Å². The lowest BCUT2D eigenvalue weighted by Crippen LogP contribution is -2.32. The maximum atomic E-state index is 9.15. The molecule has 0 heterocycles. The van der Waals surface area contributed by atoms with Gasteiger partial charge in [0, 0.05) is 13.0 Å². The van der Waals surface area contributed by atoms with Crippen molar-refractivity contribution in [1.82, 2.24) is 5.48 Å². The molecule has 0 saturated carbocycles. The van der Waals surface area contributed by atoms with Crippen molar-refractivity contribution in [1.29, 1.82) is 0 Å². The smallest absolute Gasteiger partial charge is 0.0714 e. The molecule has 10 heavy (non-hydrogen) atoms. The van der Waals surface area contributed by atoms with Crippen LogP contribution in [0.1, 0.15) is 20.3 Å². The van der Waals surface area contributed by atoms with Crippen molar-refractivity contribution in [2.24, 2.45) is 0 Å². The summed E-state index contributed by atoms with van der Waals surface area (Å²) in [7, 11) is 0. The van der Waals surface area contributed by atoms with Gasteiger partial charge in [0.15, 0.2) is 0 Å². The summed E-state index contributed by atoms with van der Waals surface area (Å²) in [5.41, 5.74) is 0.950. The molecule has 1 unspecified atom stereocenters. The molecule has 0 spiro atoms. The number of rotatable bonds is 4. The Bertz CT molecular complexity index is 89.5. The topological polar surface area (TPSA) is 72.7 Å². The molecule has 4 N–H and O–H groups in total. The normalized spacial score (nSPS) is 15.3. The minimum absolute atomic E-state index is 0.0873. The summed E-state index contributed by atoms with van der Waals surface area (Å²) in [4.78, 5) is 0. The van der Waals surface area contributed by atoms with E-state index in [-0.39, 0.29) is 13.0 Å². The fourth-order valence-electron chi connectivity index (χ4n) is 0.754. The van der Waals surface area contributed by atoms with Crippen LogP contribution in [0.2, 0.25) is 0 Å². The quantitative estimate of drug-likeness (QED) is 0.406. The highest BCUT2D eigenvalue weighted by Crippen LogP contribution is 2.09. The van der Waals surface area contributed by atoms with E-state index >= 15 is 0 Å². The molecule has 0 fully saturated rings. The van der Waals surface area contributed by atoms with E-state index in [0.717, 1.165) is 0 Å². The molecule has 62 valence electrons. The van der Waals surface area contributed by atoms with E-state index in [0.29, 0.717) is 0 Å². The third-order valence-electron chi connectivity index (χ3n) is 1.06. The Morgan fingerprint density at radius 3 is 2.30 bits per heavy atom. The average Bonchev–Trinajstić information content (AvgIpc) is 1.59. The van der Waals surface area contributed by atoms with Crippen LogP contribution in [-0.4, -0.2) is 33.7 Å². The molecular formula is C6H15NO3. The molecule has 4 heteroatoms. The molecular weight excluding hydrogens is 134 g/mol. The lowest BCUT2D eigenvalue weighted by atomic mass is 10.0. The van der Waals surface area contributed by atoms with Gasteiger partial charge < -0.3 is 15.4 Å². The van der Waals surface area contributed by atoms with Crippen molar-refractivity contribution in [3.63, 3.8) is 0 Å². The Balaban J connectivity index is 3.47. The van der Waals surface area contributed by atoms with Crippen LogP contribution in [-0.2, 0) is 0 Å². The van der Waals surface area contributed by atoms with Crippen LogP contribution < -0.4 is 5.48 Å². The first-order chi connectivity index (χ1) is 4.45. The van der Waals surface area contributed by atoms with Gasteiger partial charge in [-0.25, -0.2) is 5.48 Å². The van der Waals surface area contributed by atoms with Crippen molar-refractivity contribution in [2.45, 2.75) is 32.0 Å². The molecule has 0 aromatic carbocycles. The molecule has 0 aliphatic heterocycles. The molecule has 0 aromatic rings. The Hall–Kier alpha value is -0.160. The first-order valence-electron chi connectivity index (χ1n) is 3.23. The summed E-state index contributed by atoms with van der Waals surface area (Å²) in [5, 5.41) is 26.3. The maximum absolute atomic E-state index is 9.15. The standard InChI is InChI=1S/C6H15NO3/c1-6(2,9)3-5(8)4-7-10/h5,7-10H,3-4H2,1-2H3. The van der Waals surface area contributed by atoms with Crippen LogP contribution in [0.15, 0.2) is 0 Å². The van der Waals surface area contributed by atoms with Gasteiger partial charge in [-0.3, -0.25) is 0 Å². The van der Waals surface area contributed by atoms with Crippen LogP contribution in [0.4, 0.5) is 0 Å². The molecule has 0 saturated heterocycles. The second-order valence-corrected chi connectivity index (χ2v) is 3.03. The first-order valence-corrected chi connectivity index (χ1v) is 3.23. The predicted molar refractivity (Wildman–Crippen MR) is 36.7 cm³/mol. The molecule has 0 bridgehead atoms. The Morgan fingerprint density at radius 2 is 2.00 bits per heavy atom. The van der Waals surface area contributed by atoms with Gasteiger partial charge in [0.2, 0.25) is 0 Å². The summed E-state index contributed by atoms with van der Waals surface area (Å²) >= 11 is 0.